The van der Waals surface area contributed by atoms with Gasteiger partial charge in [0.2, 0.25) is 0 Å². The van der Waals surface area contributed by atoms with Crippen LogP contribution in [0.25, 0.3) is 0 Å². The maximum Gasteiger partial charge on any atom is 0.123 e. The third kappa shape index (κ3) is 2.67. The van der Waals surface area contributed by atoms with E-state index in [-0.39, 0.29) is 11.9 Å². The highest BCUT2D eigenvalue weighted by molar-refractivity contribution is 5.23. The highest BCUT2D eigenvalue weighted by Crippen LogP contribution is 2.16. The summed E-state index contributed by atoms with van der Waals surface area (Å²) in [5.41, 5.74) is 8.06. The van der Waals surface area contributed by atoms with Crippen LogP contribution in [-0.4, -0.2) is 0 Å². The fourth-order valence-corrected chi connectivity index (χ4v) is 1.74. The van der Waals surface area contributed by atoms with Crippen molar-refractivity contribution in [2.75, 3.05) is 0 Å². The summed E-state index contributed by atoms with van der Waals surface area (Å²) in [6, 6.07) is 16.4. The van der Waals surface area contributed by atoms with Crippen LogP contribution in [0.5, 0.6) is 0 Å². The molecule has 0 aliphatic carbocycles. The molecule has 2 aromatic carbocycles. The fraction of sp³-hybridized carbons (Fsp3) is 0.143. The molecule has 2 aromatic rings. The van der Waals surface area contributed by atoms with E-state index in [1.54, 1.807) is 6.07 Å². The van der Waals surface area contributed by atoms with Gasteiger partial charge in [-0.05, 0) is 29.7 Å². The van der Waals surface area contributed by atoms with Gasteiger partial charge in [0.15, 0.2) is 0 Å². The van der Waals surface area contributed by atoms with Gasteiger partial charge < -0.3 is 5.73 Å². The first-order chi connectivity index (χ1) is 7.75. The van der Waals surface area contributed by atoms with Crippen molar-refractivity contribution in [3.8, 4) is 0 Å². The molecular formula is C14H14FN. The lowest BCUT2D eigenvalue weighted by atomic mass is 10.00. The van der Waals surface area contributed by atoms with Crippen molar-refractivity contribution < 1.29 is 4.39 Å². The summed E-state index contributed by atoms with van der Waals surface area (Å²) in [4.78, 5) is 0. The molecular weight excluding hydrogens is 201 g/mol. The van der Waals surface area contributed by atoms with E-state index in [1.165, 1.54) is 12.1 Å². The second kappa shape index (κ2) is 4.90. The van der Waals surface area contributed by atoms with Crippen LogP contribution in [0.3, 0.4) is 0 Å². The fourth-order valence-electron chi connectivity index (χ4n) is 1.74. The summed E-state index contributed by atoms with van der Waals surface area (Å²) < 4.78 is 13.0. The number of rotatable bonds is 3. The van der Waals surface area contributed by atoms with Crippen molar-refractivity contribution in [1.29, 1.82) is 0 Å². The first kappa shape index (κ1) is 10.8. The van der Waals surface area contributed by atoms with Gasteiger partial charge in [-0.3, -0.25) is 0 Å². The SMILES string of the molecule is NC(Cc1cccc(F)c1)c1ccccc1. The molecule has 2 heteroatoms. The van der Waals surface area contributed by atoms with Gasteiger partial charge in [0.25, 0.3) is 0 Å². The first-order valence-corrected chi connectivity index (χ1v) is 5.30. The Labute approximate surface area is 94.7 Å². The Hall–Kier alpha value is -1.67. The standard InChI is InChI=1S/C14H14FN/c15-13-8-4-5-11(9-13)10-14(16)12-6-2-1-3-7-12/h1-9,14H,10,16H2. The predicted octanol–water partition coefficient (Wildman–Crippen LogP) is 3.07. The number of benzene rings is 2. The summed E-state index contributed by atoms with van der Waals surface area (Å²) in [6.45, 7) is 0. The van der Waals surface area contributed by atoms with Crippen LogP contribution >= 0.6 is 0 Å². The van der Waals surface area contributed by atoms with Gasteiger partial charge in [-0.1, -0.05) is 42.5 Å². The third-order valence-corrected chi connectivity index (χ3v) is 2.57. The summed E-state index contributed by atoms with van der Waals surface area (Å²) in [5.74, 6) is -0.210. The molecule has 1 atom stereocenters. The van der Waals surface area contributed by atoms with Gasteiger partial charge in [0.05, 0.1) is 0 Å². The van der Waals surface area contributed by atoms with Gasteiger partial charge in [-0.15, -0.1) is 0 Å². The molecule has 1 nitrogen and oxygen atoms in total. The Morgan fingerprint density at radius 3 is 2.44 bits per heavy atom. The van der Waals surface area contributed by atoms with Crippen LogP contribution in [0.15, 0.2) is 54.6 Å². The molecule has 1 unspecified atom stereocenters. The minimum Gasteiger partial charge on any atom is -0.324 e. The van der Waals surface area contributed by atoms with E-state index < -0.39 is 0 Å². The van der Waals surface area contributed by atoms with Crippen LogP contribution in [0.1, 0.15) is 17.2 Å². The van der Waals surface area contributed by atoms with Crippen molar-refractivity contribution in [1.82, 2.24) is 0 Å². The molecule has 0 saturated carbocycles. The largest absolute Gasteiger partial charge is 0.324 e. The molecule has 0 bridgehead atoms. The van der Waals surface area contributed by atoms with Crippen molar-refractivity contribution in [2.45, 2.75) is 12.5 Å². The first-order valence-electron chi connectivity index (χ1n) is 5.30. The smallest absolute Gasteiger partial charge is 0.123 e. The molecule has 2 N–H and O–H groups in total. The summed E-state index contributed by atoms with van der Waals surface area (Å²) in [5, 5.41) is 0. The molecule has 0 aromatic heterocycles. The quantitative estimate of drug-likeness (QED) is 0.836. The van der Waals surface area contributed by atoms with Gasteiger partial charge in [-0.25, -0.2) is 4.39 Å². The Morgan fingerprint density at radius 2 is 1.75 bits per heavy atom. The molecule has 82 valence electrons. The van der Waals surface area contributed by atoms with E-state index in [1.807, 2.05) is 36.4 Å². The van der Waals surface area contributed by atoms with Crippen LogP contribution in [-0.2, 0) is 6.42 Å². The molecule has 0 amide bonds. The lowest BCUT2D eigenvalue weighted by Crippen LogP contribution is -2.13. The Morgan fingerprint density at radius 1 is 1.00 bits per heavy atom. The van der Waals surface area contributed by atoms with Crippen LogP contribution in [0.4, 0.5) is 4.39 Å². The molecule has 0 fully saturated rings. The number of hydrogen-bond acceptors (Lipinski definition) is 1. The number of hydrogen-bond donors (Lipinski definition) is 1. The molecule has 0 heterocycles. The topological polar surface area (TPSA) is 26.0 Å². The second-order valence-electron chi connectivity index (χ2n) is 3.85. The minimum atomic E-state index is -0.210. The number of halogens is 1. The molecule has 0 aliphatic heterocycles. The van der Waals surface area contributed by atoms with Crippen molar-refractivity contribution >= 4 is 0 Å². The maximum absolute atomic E-state index is 13.0. The van der Waals surface area contributed by atoms with Crippen molar-refractivity contribution in [3.63, 3.8) is 0 Å². The van der Waals surface area contributed by atoms with Gasteiger partial charge in [0, 0.05) is 6.04 Å². The molecule has 0 spiro atoms. The van der Waals surface area contributed by atoms with Crippen molar-refractivity contribution in [3.05, 3.63) is 71.5 Å². The zero-order chi connectivity index (χ0) is 11.4. The monoisotopic (exact) mass is 215 g/mol. The minimum absolute atomic E-state index is 0.0806. The average Bonchev–Trinajstić information content (AvgIpc) is 2.30. The average molecular weight is 215 g/mol. The van der Waals surface area contributed by atoms with Gasteiger partial charge in [0.1, 0.15) is 5.82 Å². The van der Waals surface area contributed by atoms with E-state index in [2.05, 4.69) is 0 Å². The highest BCUT2D eigenvalue weighted by atomic mass is 19.1. The summed E-state index contributed by atoms with van der Waals surface area (Å²) in [6.07, 6.45) is 0.655. The number of nitrogens with two attached hydrogens (primary N) is 1. The zero-order valence-electron chi connectivity index (χ0n) is 8.94. The predicted molar refractivity (Wildman–Crippen MR) is 63.5 cm³/mol. The highest BCUT2D eigenvalue weighted by Gasteiger charge is 2.06. The van der Waals surface area contributed by atoms with Crippen LogP contribution in [0, 0.1) is 5.82 Å². The van der Waals surface area contributed by atoms with Crippen molar-refractivity contribution in [2.24, 2.45) is 5.73 Å². The van der Waals surface area contributed by atoms with E-state index in [4.69, 9.17) is 5.73 Å². The lowest BCUT2D eigenvalue weighted by Gasteiger charge is -2.11. The summed E-state index contributed by atoms with van der Waals surface area (Å²) in [7, 11) is 0. The molecule has 2 rings (SSSR count). The van der Waals surface area contributed by atoms with E-state index in [9.17, 15) is 4.39 Å². The normalized spacial score (nSPS) is 12.4. The maximum atomic E-state index is 13.0. The van der Waals surface area contributed by atoms with Gasteiger partial charge in [-0.2, -0.15) is 0 Å². The van der Waals surface area contributed by atoms with Crippen LogP contribution in [0.2, 0.25) is 0 Å². The molecule has 0 saturated heterocycles. The Kier molecular flexibility index (Phi) is 3.32. The molecule has 16 heavy (non-hydrogen) atoms. The molecule has 0 radical (unpaired) electrons. The lowest BCUT2D eigenvalue weighted by molar-refractivity contribution is 0.622. The zero-order valence-corrected chi connectivity index (χ0v) is 8.94. The third-order valence-electron chi connectivity index (χ3n) is 2.57. The second-order valence-corrected chi connectivity index (χ2v) is 3.85. The van der Waals surface area contributed by atoms with E-state index in [0.717, 1.165) is 11.1 Å². The van der Waals surface area contributed by atoms with Crippen LogP contribution < -0.4 is 5.73 Å². The van der Waals surface area contributed by atoms with E-state index >= 15 is 0 Å². The Balaban J connectivity index is 2.11. The molecule has 0 aliphatic rings. The van der Waals surface area contributed by atoms with Gasteiger partial charge >= 0.3 is 0 Å². The Bertz CT molecular complexity index is 453. The van der Waals surface area contributed by atoms with E-state index in [0.29, 0.717) is 6.42 Å². The summed E-state index contributed by atoms with van der Waals surface area (Å²) >= 11 is 0.